The Bertz CT molecular complexity index is 1100. The van der Waals surface area contributed by atoms with E-state index in [2.05, 4.69) is 0 Å². The van der Waals surface area contributed by atoms with Crippen LogP contribution in [0.3, 0.4) is 0 Å². The van der Waals surface area contributed by atoms with Gasteiger partial charge in [0.2, 0.25) is 5.75 Å². The van der Waals surface area contributed by atoms with E-state index in [0.29, 0.717) is 5.56 Å². The fourth-order valence-corrected chi connectivity index (χ4v) is 2.77. The number of hydrogen-bond donors (Lipinski definition) is 2. The van der Waals surface area contributed by atoms with Gasteiger partial charge in [-0.05, 0) is 35.4 Å². The molecular weight excluding hydrogens is 401 g/mol. The van der Waals surface area contributed by atoms with Gasteiger partial charge in [-0.2, -0.15) is 0 Å². The number of phenols is 1. The molecule has 2 aromatic rings. The molecule has 1 heterocycles. The van der Waals surface area contributed by atoms with Gasteiger partial charge in [0.1, 0.15) is 11.4 Å². The summed E-state index contributed by atoms with van der Waals surface area (Å²) in [5.74, 6) is -3.37. The van der Waals surface area contributed by atoms with E-state index in [1.807, 2.05) is 5.32 Å². The summed E-state index contributed by atoms with van der Waals surface area (Å²) in [5, 5.41) is 23.0. The number of nitro benzene ring substituents is 1. The number of halogens is 1. The number of nitrogens with one attached hydrogen (secondary N) is 1. The smallest absolute Gasteiger partial charge is 0.331 e. The zero-order valence-corrected chi connectivity index (χ0v) is 15.4. The van der Waals surface area contributed by atoms with Gasteiger partial charge in [-0.25, -0.2) is 9.18 Å². The average molecular weight is 415 g/mol. The Kier molecular flexibility index (Phi) is 5.45. The molecule has 3 rings (SSSR count). The summed E-state index contributed by atoms with van der Waals surface area (Å²) >= 11 is 0. The third-order valence-corrected chi connectivity index (χ3v) is 4.24. The molecule has 0 saturated carbocycles. The number of amides is 4. The van der Waals surface area contributed by atoms with Crippen molar-refractivity contribution in [1.29, 1.82) is 0 Å². The Labute approximate surface area is 168 Å². The molecule has 0 radical (unpaired) electrons. The van der Waals surface area contributed by atoms with Crippen molar-refractivity contribution >= 4 is 29.6 Å². The molecule has 0 unspecified atom stereocenters. The predicted molar refractivity (Wildman–Crippen MR) is 99.8 cm³/mol. The van der Waals surface area contributed by atoms with Crippen LogP contribution in [0.25, 0.3) is 6.08 Å². The van der Waals surface area contributed by atoms with Gasteiger partial charge in [0.05, 0.1) is 18.6 Å². The fraction of sp³-hybridized carbons (Fsp3) is 0.105. The first kappa shape index (κ1) is 20.5. The van der Waals surface area contributed by atoms with E-state index in [-0.39, 0.29) is 17.9 Å². The van der Waals surface area contributed by atoms with Crippen LogP contribution in [0.4, 0.5) is 14.9 Å². The lowest BCUT2D eigenvalue weighted by atomic mass is 10.1. The summed E-state index contributed by atoms with van der Waals surface area (Å²) in [4.78, 5) is 48.1. The second-order valence-electron chi connectivity index (χ2n) is 6.18. The van der Waals surface area contributed by atoms with E-state index < -0.39 is 45.6 Å². The first-order valence-corrected chi connectivity index (χ1v) is 8.40. The molecule has 0 atom stereocenters. The molecule has 10 nitrogen and oxygen atoms in total. The first-order chi connectivity index (χ1) is 14.2. The normalized spacial score (nSPS) is 15.3. The van der Waals surface area contributed by atoms with Gasteiger partial charge >= 0.3 is 11.7 Å². The lowest BCUT2D eigenvalue weighted by Crippen LogP contribution is -2.53. The molecule has 2 N–H and O–H groups in total. The molecule has 1 fully saturated rings. The van der Waals surface area contributed by atoms with Crippen LogP contribution in [0.2, 0.25) is 0 Å². The number of benzene rings is 2. The van der Waals surface area contributed by atoms with Crippen LogP contribution in [0.5, 0.6) is 11.5 Å². The number of methoxy groups -OCH3 is 1. The highest BCUT2D eigenvalue weighted by Gasteiger charge is 2.36. The zero-order valence-electron chi connectivity index (χ0n) is 15.4. The number of aromatic hydroxyl groups is 1. The Morgan fingerprint density at radius 2 is 1.90 bits per heavy atom. The maximum atomic E-state index is 13.1. The Morgan fingerprint density at radius 1 is 1.23 bits per heavy atom. The molecule has 0 aliphatic carbocycles. The summed E-state index contributed by atoms with van der Waals surface area (Å²) in [6, 6.07) is 6.26. The summed E-state index contributed by atoms with van der Waals surface area (Å²) in [7, 11) is 1.18. The molecule has 4 amide bonds. The monoisotopic (exact) mass is 415 g/mol. The van der Waals surface area contributed by atoms with Crippen LogP contribution in [-0.4, -0.2) is 39.9 Å². The highest BCUT2D eigenvalue weighted by atomic mass is 19.1. The highest BCUT2D eigenvalue weighted by molar-refractivity contribution is 6.31. The first-order valence-electron chi connectivity index (χ1n) is 8.40. The number of phenolic OH excluding ortho intramolecular Hbond substituents is 1. The molecule has 154 valence electrons. The van der Waals surface area contributed by atoms with Crippen LogP contribution in [-0.2, 0) is 16.1 Å². The van der Waals surface area contributed by atoms with E-state index in [0.717, 1.165) is 29.2 Å². The number of imide groups is 2. The standard InChI is InChI=1S/C19H14FN3O7/c1-30-15-8-11(7-14(16(15)24)23(28)29)6-13-17(25)21-19(27)22(18(13)26)9-10-2-4-12(20)5-3-10/h2-8,24H,9H2,1H3,(H,21,25,27). The molecule has 0 bridgehead atoms. The van der Waals surface area contributed by atoms with Crippen molar-refractivity contribution in [2.45, 2.75) is 6.54 Å². The summed E-state index contributed by atoms with van der Waals surface area (Å²) in [6.45, 7) is -0.228. The van der Waals surface area contributed by atoms with Crippen LogP contribution in [0.15, 0.2) is 42.0 Å². The van der Waals surface area contributed by atoms with Crippen molar-refractivity contribution in [2.75, 3.05) is 7.11 Å². The molecule has 1 aliphatic rings. The molecule has 30 heavy (non-hydrogen) atoms. The predicted octanol–water partition coefficient (Wildman–Crippen LogP) is 2.11. The second-order valence-corrected chi connectivity index (χ2v) is 6.18. The molecule has 2 aromatic carbocycles. The van der Waals surface area contributed by atoms with Gasteiger partial charge in [-0.3, -0.25) is 29.9 Å². The van der Waals surface area contributed by atoms with Crippen molar-refractivity contribution in [3.8, 4) is 11.5 Å². The fourth-order valence-electron chi connectivity index (χ4n) is 2.77. The Balaban J connectivity index is 1.99. The quantitative estimate of drug-likeness (QED) is 0.330. The van der Waals surface area contributed by atoms with Gasteiger partial charge in [-0.1, -0.05) is 12.1 Å². The molecule has 1 aliphatic heterocycles. The number of nitrogens with zero attached hydrogens (tertiary/aromatic N) is 2. The van der Waals surface area contributed by atoms with Gasteiger partial charge in [0.15, 0.2) is 5.75 Å². The summed E-state index contributed by atoms with van der Waals surface area (Å²) < 4.78 is 17.9. The molecule has 0 spiro atoms. The van der Waals surface area contributed by atoms with E-state index >= 15 is 0 Å². The van der Waals surface area contributed by atoms with E-state index in [1.165, 1.54) is 25.3 Å². The van der Waals surface area contributed by atoms with Crippen molar-refractivity contribution in [3.05, 3.63) is 69.0 Å². The zero-order chi connectivity index (χ0) is 22.0. The van der Waals surface area contributed by atoms with Crippen molar-refractivity contribution in [3.63, 3.8) is 0 Å². The molecular formula is C19H14FN3O7. The number of carbonyl (C=O) groups excluding carboxylic acids is 3. The van der Waals surface area contributed by atoms with Crippen LogP contribution in [0, 0.1) is 15.9 Å². The lowest BCUT2D eigenvalue weighted by molar-refractivity contribution is -0.386. The van der Waals surface area contributed by atoms with Gasteiger partial charge in [-0.15, -0.1) is 0 Å². The molecule has 11 heteroatoms. The minimum Gasteiger partial charge on any atom is -0.500 e. The van der Waals surface area contributed by atoms with Crippen LogP contribution < -0.4 is 10.1 Å². The number of ether oxygens (including phenoxy) is 1. The molecule has 1 saturated heterocycles. The third kappa shape index (κ3) is 3.94. The van der Waals surface area contributed by atoms with E-state index in [1.54, 1.807) is 0 Å². The maximum Gasteiger partial charge on any atom is 0.331 e. The highest BCUT2D eigenvalue weighted by Crippen LogP contribution is 2.37. The Morgan fingerprint density at radius 3 is 2.50 bits per heavy atom. The number of barbiturate groups is 1. The number of nitro groups is 1. The van der Waals surface area contributed by atoms with Crippen molar-refractivity contribution in [1.82, 2.24) is 10.2 Å². The van der Waals surface area contributed by atoms with Crippen molar-refractivity contribution < 1.29 is 33.5 Å². The third-order valence-electron chi connectivity index (χ3n) is 4.24. The number of carbonyl (C=O) groups is 3. The van der Waals surface area contributed by atoms with Gasteiger partial charge in [0.25, 0.3) is 11.8 Å². The van der Waals surface area contributed by atoms with E-state index in [4.69, 9.17) is 4.74 Å². The largest absolute Gasteiger partial charge is 0.500 e. The maximum absolute atomic E-state index is 13.1. The Hall–Kier alpha value is -4.28. The lowest BCUT2D eigenvalue weighted by Gasteiger charge is -2.26. The minimum atomic E-state index is -0.991. The summed E-state index contributed by atoms with van der Waals surface area (Å²) in [6.07, 6.45) is 1.04. The van der Waals surface area contributed by atoms with Crippen LogP contribution in [0.1, 0.15) is 11.1 Å². The van der Waals surface area contributed by atoms with Crippen molar-refractivity contribution in [2.24, 2.45) is 0 Å². The SMILES string of the molecule is COc1cc(C=C2C(=O)NC(=O)N(Cc3ccc(F)cc3)C2=O)cc([N+](=O)[O-])c1O. The van der Waals surface area contributed by atoms with Gasteiger partial charge in [0, 0.05) is 6.07 Å². The number of hydrogen-bond acceptors (Lipinski definition) is 7. The molecule has 0 aromatic heterocycles. The average Bonchev–Trinajstić information content (AvgIpc) is 2.70. The second kappa shape index (κ2) is 7.99. The van der Waals surface area contributed by atoms with Gasteiger partial charge < -0.3 is 9.84 Å². The van der Waals surface area contributed by atoms with E-state index in [9.17, 15) is 34.0 Å². The number of rotatable bonds is 5. The topological polar surface area (TPSA) is 139 Å². The summed E-state index contributed by atoms with van der Waals surface area (Å²) in [5.41, 5.74) is -0.690. The van der Waals surface area contributed by atoms with Crippen LogP contribution >= 0.6 is 0 Å². The minimum absolute atomic E-state index is 0.0194. The number of urea groups is 1.